The second kappa shape index (κ2) is 5.43. The maximum atomic E-state index is 11.8. The van der Waals surface area contributed by atoms with Crippen LogP contribution in [0, 0.1) is 0 Å². The number of aromatic nitrogens is 2. The van der Waals surface area contributed by atoms with Gasteiger partial charge in [0.15, 0.2) is 0 Å². The van der Waals surface area contributed by atoms with Crippen LogP contribution in [0.2, 0.25) is 0 Å². The smallest absolute Gasteiger partial charge is 0.251 e. The Morgan fingerprint density at radius 1 is 1.32 bits per heavy atom. The molecule has 0 amide bonds. The molecule has 2 heterocycles. The topological polar surface area (TPSA) is 61.0 Å². The van der Waals surface area contributed by atoms with Crippen molar-refractivity contribution in [3.05, 3.63) is 27.9 Å². The van der Waals surface area contributed by atoms with E-state index < -0.39 is 0 Å². The second-order valence-corrected chi connectivity index (χ2v) is 6.23. The second-order valence-electron chi connectivity index (χ2n) is 6.23. The maximum Gasteiger partial charge on any atom is 0.251 e. The van der Waals surface area contributed by atoms with Crippen LogP contribution in [0.5, 0.6) is 0 Å². The first-order valence-corrected chi connectivity index (χ1v) is 6.94. The molecule has 0 aliphatic carbocycles. The van der Waals surface area contributed by atoms with E-state index in [1.807, 2.05) is 0 Å². The van der Waals surface area contributed by atoms with Crippen LogP contribution in [0.1, 0.15) is 45.3 Å². The number of H-pyrrole nitrogens is 1. The van der Waals surface area contributed by atoms with Crippen molar-refractivity contribution in [1.82, 2.24) is 20.2 Å². The average molecular weight is 264 g/mol. The Bertz CT molecular complexity index is 483. The predicted octanol–water partition coefficient (Wildman–Crippen LogP) is 1.03. The molecule has 0 saturated carbocycles. The summed E-state index contributed by atoms with van der Waals surface area (Å²) >= 11 is 0. The van der Waals surface area contributed by atoms with Gasteiger partial charge in [0.05, 0.1) is 11.7 Å². The summed E-state index contributed by atoms with van der Waals surface area (Å²) in [4.78, 5) is 21.7. The molecular weight excluding hydrogens is 240 g/mol. The number of aromatic amines is 1. The maximum absolute atomic E-state index is 11.8. The molecule has 0 spiro atoms. The van der Waals surface area contributed by atoms with Crippen molar-refractivity contribution in [2.45, 2.75) is 39.2 Å². The van der Waals surface area contributed by atoms with Crippen molar-refractivity contribution in [2.75, 3.05) is 26.2 Å². The number of nitrogens with one attached hydrogen (secondary N) is 2. The SMILES string of the molecule is CC(c1nc(C(C)(C)C)cc(=O)[nH]1)N1CCNCC1. The van der Waals surface area contributed by atoms with Crippen LogP contribution >= 0.6 is 0 Å². The molecule has 1 atom stereocenters. The number of nitrogens with zero attached hydrogens (tertiary/aromatic N) is 2. The number of hydrogen-bond donors (Lipinski definition) is 2. The number of rotatable bonds is 2. The third kappa shape index (κ3) is 3.42. The van der Waals surface area contributed by atoms with Gasteiger partial charge in [-0.05, 0) is 6.92 Å². The number of hydrogen-bond acceptors (Lipinski definition) is 4. The summed E-state index contributed by atoms with van der Waals surface area (Å²) in [5, 5.41) is 3.33. The van der Waals surface area contributed by atoms with Gasteiger partial charge in [0.1, 0.15) is 5.82 Å². The first kappa shape index (κ1) is 14.2. The molecule has 5 heteroatoms. The van der Waals surface area contributed by atoms with Crippen molar-refractivity contribution >= 4 is 0 Å². The quantitative estimate of drug-likeness (QED) is 0.837. The fraction of sp³-hybridized carbons (Fsp3) is 0.714. The van der Waals surface area contributed by atoms with Crippen molar-refractivity contribution in [3.63, 3.8) is 0 Å². The minimum atomic E-state index is -0.105. The highest BCUT2D eigenvalue weighted by Gasteiger charge is 2.23. The van der Waals surface area contributed by atoms with Gasteiger partial charge in [-0.2, -0.15) is 0 Å². The van der Waals surface area contributed by atoms with E-state index in [-0.39, 0.29) is 17.0 Å². The zero-order chi connectivity index (χ0) is 14.0. The minimum Gasteiger partial charge on any atom is -0.314 e. The molecule has 2 N–H and O–H groups in total. The highest BCUT2D eigenvalue weighted by Crippen LogP contribution is 2.21. The molecule has 1 saturated heterocycles. The summed E-state index contributed by atoms with van der Waals surface area (Å²) in [5.74, 6) is 0.777. The van der Waals surface area contributed by atoms with E-state index in [4.69, 9.17) is 0 Å². The molecule has 5 nitrogen and oxygen atoms in total. The van der Waals surface area contributed by atoms with Gasteiger partial charge >= 0.3 is 0 Å². The van der Waals surface area contributed by atoms with E-state index in [9.17, 15) is 4.79 Å². The highest BCUT2D eigenvalue weighted by atomic mass is 16.1. The summed E-state index contributed by atoms with van der Waals surface area (Å²) in [6.07, 6.45) is 0. The Morgan fingerprint density at radius 2 is 1.95 bits per heavy atom. The molecule has 1 aromatic rings. The molecule has 0 radical (unpaired) electrons. The summed E-state index contributed by atoms with van der Waals surface area (Å²) in [6, 6.07) is 1.76. The Labute approximate surface area is 114 Å². The molecule has 2 rings (SSSR count). The normalized spacial score (nSPS) is 19.4. The number of piperazine rings is 1. The van der Waals surface area contributed by atoms with E-state index in [1.165, 1.54) is 0 Å². The van der Waals surface area contributed by atoms with Crippen molar-refractivity contribution < 1.29 is 0 Å². The first-order chi connectivity index (χ1) is 8.88. The van der Waals surface area contributed by atoms with Gasteiger partial charge in [-0.25, -0.2) is 4.98 Å². The molecule has 0 aromatic carbocycles. The van der Waals surface area contributed by atoms with E-state index >= 15 is 0 Å². The molecular formula is C14H24N4O. The van der Waals surface area contributed by atoms with Crippen LogP contribution in [0.25, 0.3) is 0 Å². The van der Waals surface area contributed by atoms with Crippen LogP contribution < -0.4 is 10.9 Å². The van der Waals surface area contributed by atoms with Crippen molar-refractivity contribution in [2.24, 2.45) is 0 Å². The lowest BCUT2D eigenvalue weighted by Crippen LogP contribution is -2.45. The Balaban J connectivity index is 2.28. The van der Waals surface area contributed by atoms with Crippen molar-refractivity contribution in [1.29, 1.82) is 0 Å². The minimum absolute atomic E-state index is 0.0584. The summed E-state index contributed by atoms with van der Waals surface area (Å²) < 4.78 is 0. The highest BCUT2D eigenvalue weighted by molar-refractivity contribution is 5.13. The van der Waals surface area contributed by atoms with Gasteiger partial charge in [-0.15, -0.1) is 0 Å². The Hall–Kier alpha value is -1.20. The molecule has 1 unspecified atom stereocenters. The third-order valence-corrected chi connectivity index (χ3v) is 3.62. The fourth-order valence-electron chi connectivity index (χ4n) is 2.30. The lowest BCUT2D eigenvalue weighted by Gasteiger charge is -2.32. The van der Waals surface area contributed by atoms with Gasteiger partial charge in [-0.1, -0.05) is 20.8 Å². The Kier molecular flexibility index (Phi) is 4.06. The standard InChI is InChI=1S/C14H24N4O/c1-10(18-7-5-15-6-8-18)13-16-11(14(2,3)4)9-12(19)17-13/h9-10,15H,5-8H2,1-4H3,(H,16,17,19). The Morgan fingerprint density at radius 3 is 2.53 bits per heavy atom. The van der Waals surface area contributed by atoms with Gasteiger partial charge in [-0.3, -0.25) is 9.69 Å². The fourth-order valence-corrected chi connectivity index (χ4v) is 2.30. The van der Waals surface area contributed by atoms with Crippen LogP contribution in [0.15, 0.2) is 10.9 Å². The molecule has 1 fully saturated rings. The molecule has 1 aliphatic heterocycles. The van der Waals surface area contributed by atoms with Gasteiger partial charge < -0.3 is 10.3 Å². The van der Waals surface area contributed by atoms with Gasteiger partial charge in [0.25, 0.3) is 5.56 Å². The largest absolute Gasteiger partial charge is 0.314 e. The predicted molar refractivity (Wildman–Crippen MR) is 76.4 cm³/mol. The van der Waals surface area contributed by atoms with Gasteiger partial charge in [0, 0.05) is 37.7 Å². The van der Waals surface area contributed by atoms with E-state index in [1.54, 1.807) is 6.07 Å². The lowest BCUT2D eigenvalue weighted by molar-refractivity contribution is 0.178. The van der Waals surface area contributed by atoms with E-state index in [2.05, 4.69) is 47.9 Å². The van der Waals surface area contributed by atoms with E-state index in [0.717, 1.165) is 37.7 Å². The van der Waals surface area contributed by atoms with Crippen LogP contribution in [-0.2, 0) is 5.41 Å². The summed E-state index contributed by atoms with van der Waals surface area (Å²) in [5.41, 5.74) is 0.691. The van der Waals surface area contributed by atoms with Gasteiger partial charge in [0.2, 0.25) is 0 Å². The molecule has 1 aliphatic rings. The zero-order valence-electron chi connectivity index (χ0n) is 12.3. The average Bonchev–Trinajstić information content (AvgIpc) is 2.37. The van der Waals surface area contributed by atoms with Crippen molar-refractivity contribution in [3.8, 4) is 0 Å². The summed E-state index contributed by atoms with van der Waals surface area (Å²) in [6.45, 7) is 12.3. The monoisotopic (exact) mass is 264 g/mol. The van der Waals surface area contributed by atoms with Crippen LogP contribution in [-0.4, -0.2) is 41.0 Å². The van der Waals surface area contributed by atoms with Crippen LogP contribution in [0.4, 0.5) is 0 Å². The molecule has 19 heavy (non-hydrogen) atoms. The molecule has 1 aromatic heterocycles. The summed E-state index contributed by atoms with van der Waals surface area (Å²) in [7, 11) is 0. The molecule has 0 bridgehead atoms. The third-order valence-electron chi connectivity index (χ3n) is 3.62. The zero-order valence-corrected chi connectivity index (χ0v) is 12.3. The van der Waals surface area contributed by atoms with Crippen LogP contribution in [0.3, 0.4) is 0 Å². The lowest BCUT2D eigenvalue weighted by atomic mass is 9.92. The van der Waals surface area contributed by atoms with E-state index in [0.29, 0.717) is 0 Å². The first-order valence-electron chi connectivity index (χ1n) is 6.94. The molecule has 106 valence electrons.